The minimum atomic E-state index is -1.49. The number of carbonyl (C=O) groups is 1. The number of carboxylic acid groups (broad SMARTS) is 1. The van der Waals surface area contributed by atoms with Crippen molar-refractivity contribution in [1.82, 2.24) is 0 Å². The van der Waals surface area contributed by atoms with Gasteiger partial charge in [0.15, 0.2) is 0 Å². The first-order valence-electron chi connectivity index (χ1n) is 5.97. The molecular formula is C15H10ClFO3. The summed E-state index contributed by atoms with van der Waals surface area (Å²) in [4.78, 5) is 11.6. The molecule has 1 saturated heterocycles. The second kappa shape index (κ2) is 4.58. The molecule has 1 N–H and O–H groups in total. The predicted octanol–water partition coefficient (Wildman–Crippen LogP) is 3.53. The number of ether oxygens (including phenoxy) is 1. The molecule has 102 valence electrons. The molecule has 1 fully saturated rings. The number of epoxide rings is 1. The fourth-order valence-corrected chi connectivity index (χ4v) is 2.56. The van der Waals surface area contributed by atoms with E-state index in [1.54, 1.807) is 24.3 Å². The molecule has 0 aromatic heterocycles. The van der Waals surface area contributed by atoms with Gasteiger partial charge in [0.05, 0.1) is 0 Å². The van der Waals surface area contributed by atoms with Crippen molar-refractivity contribution >= 4 is 17.6 Å². The van der Waals surface area contributed by atoms with Crippen LogP contribution in [-0.4, -0.2) is 11.1 Å². The van der Waals surface area contributed by atoms with E-state index in [1.165, 1.54) is 24.3 Å². The second-order valence-electron chi connectivity index (χ2n) is 4.57. The van der Waals surface area contributed by atoms with Crippen molar-refractivity contribution in [3.8, 4) is 0 Å². The lowest BCUT2D eigenvalue weighted by Crippen LogP contribution is -2.22. The number of aliphatic carboxylic acids is 1. The summed E-state index contributed by atoms with van der Waals surface area (Å²) in [6.45, 7) is 0. The Kier molecular flexibility index (Phi) is 3.00. The van der Waals surface area contributed by atoms with Crippen LogP contribution in [0.1, 0.15) is 17.2 Å². The molecule has 3 nitrogen and oxygen atoms in total. The normalized spacial score (nSPS) is 24.4. The Labute approximate surface area is 119 Å². The van der Waals surface area contributed by atoms with E-state index < -0.39 is 23.5 Å². The Morgan fingerprint density at radius 3 is 2.45 bits per heavy atom. The predicted molar refractivity (Wildman–Crippen MR) is 71.0 cm³/mol. The zero-order chi connectivity index (χ0) is 14.3. The monoisotopic (exact) mass is 292 g/mol. The number of carboxylic acids is 1. The van der Waals surface area contributed by atoms with Crippen molar-refractivity contribution < 1.29 is 19.0 Å². The molecule has 20 heavy (non-hydrogen) atoms. The van der Waals surface area contributed by atoms with Gasteiger partial charge in [0.1, 0.15) is 11.9 Å². The summed E-state index contributed by atoms with van der Waals surface area (Å²) in [5.74, 6) is -1.54. The lowest BCUT2D eigenvalue weighted by atomic mass is 9.92. The third-order valence-electron chi connectivity index (χ3n) is 3.39. The van der Waals surface area contributed by atoms with E-state index in [1.807, 2.05) is 0 Å². The number of benzene rings is 2. The van der Waals surface area contributed by atoms with Crippen LogP contribution >= 0.6 is 11.6 Å². The highest BCUT2D eigenvalue weighted by molar-refractivity contribution is 6.31. The molecule has 3 rings (SSSR count). The molecule has 5 heteroatoms. The summed E-state index contributed by atoms with van der Waals surface area (Å²) in [5.41, 5.74) is -0.476. The van der Waals surface area contributed by atoms with Crippen LogP contribution in [0.15, 0.2) is 48.5 Å². The van der Waals surface area contributed by atoms with E-state index in [-0.39, 0.29) is 0 Å². The van der Waals surface area contributed by atoms with E-state index >= 15 is 0 Å². The van der Waals surface area contributed by atoms with Crippen LogP contribution in [0.4, 0.5) is 4.39 Å². The zero-order valence-electron chi connectivity index (χ0n) is 10.2. The SMILES string of the molecule is O=C(O)[C@]1(c2ccc(F)cc2)O[C@@H]1c1ccccc1Cl. The van der Waals surface area contributed by atoms with E-state index in [0.717, 1.165) is 0 Å². The minimum Gasteiger partial charge on any atom is -0.479 e. The molecule has 2 aromatic rings. The number of hydrogen-bond acceptors (Lipinski definition) is 2. The Morgan fingerprint density at radius 2 is 1.85 bits per heavy atom. The maximum absolute atomic E-state index is 13.0. The number of halogens is 2. The molecular weight excluding hydrogens is 283 g/mol. The zero-order valence-corrected chi connectivity index (χ0v) is 11.0. The topological polar surface area (TPSA) is 49.8 Å². The van der Waals surface area contributed by atoms with Gasteiger partial charge in [0, 0.05) is 10.6 Å². The maximum Gasteiger partial charge on any atom is 0.343 e. The largest absolute Gasteiger partial charge is 0.479 e. The molecule has 2 atom stereocenters. The summed E-state index contributed by atoms with van der Waals surface area (Å²) >= 11 is 6.07. The standard InChI is InChI=1S/C15H10ClFO3/c16-12-4-2-1-3-11(12)13-15(20-13,14(18)19)9-5-7-10(17)8-6-9/h1-8,13H,(H,18,19)/t13-,15-/m1/s1. The van der Waals surface area contributed by atoms with Gasteiger partial charge in [0.25, 0.3) is 0 Å². The van der Waals surface area contributed by atoms with Gasteiger partial charge in [-0.2, -0.15) is 0 Å². The van der Waals surface area contributed by atoms with Crippen LogP contribution in [0.3, 0.4) is 0 Å². The summed E-state index contributed by atoms with van der Waals surface area (Å²) in [6.07, 6.45) is -0.667. The molecule has 1 aliphatic rings. The summed E-state index contributed by atoms with van der Waals surface area (Å²) in [6, 6.07) is 12.2. The van der Waals surface area contributed by atoms with Crippen molar-refractivity contribution in [3.05, 3.63) is 70.5 Å². The number of rotatable bonds is 3. The Morgan fingerprint density at radius 1 is 1.20 bits per heavy atom. The highest BCUT2D eigenvalue weighted by Gasteiger charge is 2.65. The maximum atomic E-state index is 13.0. The summed E-state index contributed by atoms with van der Waals surface area (Å²) in [7, 11) is 0. The van der Waals surface area contributed by atoms with E-state index in [4.69, 9.17) is 16.3 Å². The molecule has 0 amide bonds. The summed E-state index contributed by atoms with van der Waals surface area (Å²) < 4.78 is 18.4. The molecule has 0 radical (unpaired) electrons. The van der Waals surface area contributed by atoms with E-state index in [9.17, 15) is 14.3 Å². The van der Waals surface area contributed by atoms with Gasteiger partial charge >= 0.3 is 5.97 Å². The van der Waals surface area contributed by atoms with Gasteiger partial charge in [0.2, 0.25) is 5.60 Å². The highest BCUT2D eigenvalue weighted by Crippen LogP contribution is 2.58. The minimum absolute atomic E-state index is 0.399. The molecule has 0 bridgehead atoms. The molecule has 0 aliphatic carbocycles. The van der Waals surface area contributed by atoms with Gasteiger partial charge in [-0.05, 0) is 23.8 Å². The first-order valence-corrected chi connectivity index (χ1v) is 6.35. The summed E-state index contributed by atoms with van der Waals surface area (Å²) in [5, 5.41) is 9.93. The second-order valence-corrected chi connectivity index (χ2v) is 4.97. The van der Waals surface area contributed by atoms with Crippen LogP contribution in [0.25, 0.3) is 0 Å². The Hall–Kier alpha value is -1.91. The van der Waals surface area contributed by atoms with Gasteiger partial charge in [-0.3, -0.25) is 0 Å². The van der Waals surface area contributed by atoms with Crippen molar-refractivity contribution in [1.29, 1.82) is 0 Å². The fraction of sp³-hybridized carbons (Fsp3) is 0.133. The van der Waals surface area contributed by atoms with Crippen molar-refractivity contribution in [3.63, 3.8) is 0 Å². The lowest BCUT2D eigenvalue weighted by molar-refractivity contribution is -0.143. The van der Waals surface area contributed by atoms with E-state index in [2.05, 4.69) is 0 Å². The van der Waals surface area contributed by atoms with Crippen LogP contribution < -0.4 is 0 Å². The molecule has 0 spiro atoms. The lowest BCUT2D eigenvalue weighted by Gasteiger charge is -2.09. The Bertz CT molecular complexity index is 671. The van der Waals surface area contributed by atoms with Crippen LogP contribution in [-0.2, 0) is 15.1 Å². The molecule has 2 aromatic carbocycles. The average Bonchev–Trinajstić information content (AvgIpc) is 3.17. The Balaban J connectivity index is 2.03. The smallest absolute Gasteiger partial charge is 0.343 e. The van der Waals surface area contributed by atoms with Gasteiger partial charge in [-0.15, -0.1) is 0 Å². The van der Waals surface area contributed by atoms with Gasteiger partial charge < -0.3 is 9.84 Å². The van der Waals surface area contributed by atoms with Crippen LogP contribution in [0, 0.1) is 5.82 Å². The highest BCUT2D eigenvalue weighted by atomic mass is 35.5. The third kappa shape index (κ3) is 1.88. The first kappa shape index (κ1) is 13.1. The molecule has 1 aliphatic heterocycles. The van der Waals surface area contributed by atoms with E-state index in [0.29, 0.717) is 16.1 Å². The third-order valence-corrected chi connectivity index (χ3v) is 3.74. The number of hydrogen-bond donors (Lipinski definition) is 1. The first-order chi connectivity index (χ1) is 9.55. The van der Waals surface area contributed by atoms with Crippen molar-refractivity contribution in [2.45, 2.75) is 11.7 Å². The van der Waals surface area contributed by atoms with Crippen LogP contribution in [0.5, 0.6) is 0 Å². The molecule has 0 unspecified atom stereocenters. The van der Waals surface area contributed by atoms with Gasteiger partial charge in [-0.1, -0.05) is 41.9 Å². The fourth-order valence-electron chi connectivity index (χ4n) is 2.33. The average molecular weight is 293 g/mol. The van der Waals surface area contributed by atoms with Gasteiger partial charge in [-0.25, -0.2) is 9.18 Å². The van der Waals surface area contributed by atoms with Crippen molar-refractivity contribution in [2.75, 3.05) is 0 Å². The quantitative estimate of drug-likeness (QED) is 0.881. The van der Waals surface area contributed by atoms with Crippen molar-refractivity contribution in [2.24, 2.45) is 0 Å². The molecule has 1 heterocycles. The molecule has 0 saturated carbocycles. The van der Waals surface area contributed by atoms with Crippen LogP contribution in [0.2, 0.25) is 5.02 Å².